The third kappa shape index (κ3) is 2.52. The van der Waals surface area contributed by atoms with E-state index in [-0.39, 0.29) is 30.2 Å². The molecular weight excluding hydrogens is 338 g/mol. The second-order valence-electron chi connectivity index (χ2n) is 6.96. The van der Waals surface area contributed by atoms with Crippen molar-refractivity contribution in [3.05, 3.63) is 23.8 Å². The molecule has 1 aromatic carbocycles. The number of carbonyl (C=O) groups excluding carboxylic acids is 3. The van der Waals surface area contributed by atoms with Gasteiger partial charge in [0.15, 0.2) is 12.4 Å². The van der Waals surface area contributed by atoms with E-state index in [9.17, 15) is 14.4 Å². The van der Waals surface area contributed by atoms with Crippen LogP contribution in [0.4, 0.5) is 5.69 Å². The van der Waals surface area contributed by atoms with Gasteiger partial charge in [0.25, 0.3) is 11.8 Å². The summed E-state index contributed by atoms with van der Waals surface area (Å²) >= 11 is 0. The largest absolute Gasteiger partial charge is 0.481 e. The molecule has 0 spiro atoms. The number of rotatable bonds is 2. The molecule has 0 bridgehead atoms. The topological polar surface area (TPSA) is 97.0 Å². The van der Waals surface area contributed by atoms with Gasteiger partial charge in [0.1, 0.15) is 0 Å². The number of hydrogen-bond acceptors (Lipinski definition) is 5. The summed E-state index contributed by atoms with van der Waals surface area (Å²) < 4.78 is 11.0. The molecule has 0 radical (unpaired) electrons. The minimum absolute atomic E-state index is 0.0275. The van der Waals surface area contributed by atoms with Gasteiger partial charge in [0, 0.05) is 32.7 Å². The van der Waals surface area contributed by atoms with E-state index >= 15 is 0 Å². The Morgan fingerprint density at radius 2 is 2.23 bits per heavy atom. The summed E-state index contributed by atoms with van der Waals surface area (Å²) in [5, 5.41) is 5.46. The minimum atomic E-state index is -0.605. The molecule has 0 aliphatic carbocycles. The highest BCUT2D eigenvalue weighted by Crippen LogP contribution is 2.43. The number of fused-ring (bicyclic) bond motifs is 2. The quantitative estimate of drug-likeness (QED) is 0.789. The van der Waals surface area contributed by atoms with E-state index in [1.165, 1.54) is 0 Å². The highest BCUT2D eigenvalue weighted by molar-refractivity contribution is 6.03. The molecule has 0 unspecified atom stereocenters. The molecule has 2 atom stereocenters. The zero-order valence-corrected chi connectivity index (χ0v) is 14.5. The standard InChI is InChI=1S/C18H21N3O5/c1-19-17(24)18-5-6-25-8-11(18)7-21(10-18)16(23)12-3-2-4-13-15(12)26-9-14(22)20-13/h2-4,11H,5-10H2,1H3,(H,19,24)(H,20,22)/t11-,18+/m1/s1. The fourth-order valence-electron chi connectivity index (χ4n) is 4.18. The molecule has 8 nitrogen and oxygen atoms in total. The third-order valence-corrected chi connectivity index (χ3v) is 5.54. The normalized spacial score (nSPS) is 27.0. The first-order valence-electron chi connectivity index (χ1n) is 8.70. The summed E-state index contributed by atoms with van der Waals surface area (Å²) in [5.41, 5.74) is 0.286. The molecule has 0 saturated carbocycles. The van der Waals surface area contributed by atoms with Crippen LogP contribution in [0, 0.1) is 11.3 Å². The smallest absolute Gasteiger partial charge is 0.262 e. The Morgan fingerprint density at radius 1 is 1.38 bits per heavy atom. The van der Waals surface area contributed by atoms with Gasteiger partial charge in [0.05, 0.1) is 23.3 Å². The molecule has 26 heavy (non-hydrogen) atoms. The van der Waals surface area contributed by atoms with E-state index < -0.39 is 5.41 Å². The lowest BCUT2D eigenvalue weighted by atomic mass is 9.73. The molecule has 2 fully saturated rings. The lowest BCUT2D eigenvalue weighted by Crippen LogP contribution is -2.49. The summed E-state index contributed by atoms with van der Waals surface area (Å²) in [6.45, 7) is 1.69. The van der Waals surface area contributed by atoms with E-state index in [0.29, 0.717) is 49.7 Å². The molecular formula is C18H21N3O5. The SMILES string of the molecule is CNC(=O)[C@]12CCOC[C@H]1CN(C(=O)c1cccc3c1OCC(=O)N3)C2. The van der Waals surface area contributed by atoms with Crippen LogP contribution in [-0.2, 0) is 14.3 Å². The van der Waals surface area contributed by atoms with Crippen LogP contribution >= 0.6 is 0 Å². The molecule has 8 heteroatoms. The molecule has 4 rings (SSSR count). The van der Waals surface area contributed by atoms with E-state index in [4.69, 9.17) is 9.47 Å². The van der Waals surface area contributed by atoms with E-state index in [1.807, 2.05) is 0 Å². The first-order chi connectivity index (χ1) is 12.5. The summed E-state index contributed by atoms with van der Waals surface area (Å²) in [7, 11) is 1.62. The number of nitrogens with one attached hydrogen (secondary N) is 2. The van der Waals surface area contributed by atoms with Gasteiger partial charge in [-0.25, -0.2) is 0 Å². The van der Waals surface area contributed by atoms with Crippen LogP contribution in [0.1, 0.15) is 16.8 Å². The van der Waals surface area contributed by atoms with Crippen molar-refractivity contribution in [2.45, 2.75) is 6.42 Å². The summed E-state index contributed by atoms with van der Waals surface area (Å²) in [6, 6.07) is 5.10. The third-order valence-electron chi connectivity index (χ3n) is 5.54. The molecule has 2 N–H and O–H groups in total. The van der Waals surface area contributed by atoms with Crippen molar-refractivity contribution in [3.63, 3.8) is 0 Å². The Kier molecular flexibility index (Phi) is 4.07. The number of amides is 3. The number of para-hydroxylation sites is 1. The van der Waals surface area contributed by atoms with Gasteiger partial charge in [-0.15, -0.1) is 0 Å². The fourth-order valence-corrected chi connectivity index (χ4v) is 4.18. The average molecular weight is 359 g/mol. The predicted octanol–water partition coefficient (Wildman–Crippen LogP) is 0.242. The van der Waals surface area contributed by atoms with Crippen molar-refractivity contribution in [2.24, 2.45) is 11.3 Å². The maximum Gasteiger partial charge on any atom is 0.262 e. The fraction of sp³-hybridized carbons (Fsp3) is 0.500. The van der Waals surface area contributed by atoms with E-state index in [2.05, 4.69) is 10.6 Å². The maximum atomic E-state index is 13.2. The Balaban J connectivity index is 1.63. The minimum Gasteiger partial charge on any atom is -0.481 e. The molecule has 0 aromatic heterocycles. The van der Waals surface area contributed by atoms with Gasteiger partial charge in [0.2, 0.25) is 5.91 Å². The van der Waals surface area contributed by atoms with Gasteiger partial charge in [-0.05, 0) is 18.6 Å². The van der Waals surface area contributed by atoms with Gasteiger partial charge < -0.3 is 25.0 Å². The Hall–Kier alpha value is -2.61. The summed E-state index contributed by atoms with van der Waals surface area (Å²) in [4.78, 5) is 38.9. The lowest BCUT2D eigenvalue weighted by Gasteiger charge is -2.36. The highest BCUT2D eigenvalue weighted by atomic mass is 16.5. The number of ether oxygens (including phenoxy) is 2. The number of hydrogen-bond donors (Lipinski definition) is 2. The van der Waals surface area contributed by atoms with Crippen molar-refractivity contribution >= 4 is 23.4 Å². The molecule has 1 aromatic rings. The molecule has 3 heterocycles. The Labute approximate surface area is 150 Å². The van der Waals surface area contributed by atoms with Crippen LogP contribution < -0.4 is 15.4 Å². The number of anilines is 1. The van der Waals surface area contributed by atoms with Crippen LogP contribution in [0.2, 0.25) is 0 Å². The van der Waals surface area contributed by atoms with Crippen molar-refractivity contribution in [2.75, 3.05) is 45.3 Å². The lowest BCUT2D eigenvalue weighted by molar-refractivity contribution is -0.138. The Morgan fingerprint density at radius 3 is 3.04 bits per heavy atom. The molecule has 3 amide bonds. The number of nitrogens with zero attached hydrogens (tertiary/aromatic N) is 1. The van der Waals surface area contributed by atoms with Gasteiger partial charge in [-0.1, -0.05) is 6.07 Å². The number of likely N-dealkylation sites (tertiary alicyclic amines) is 1. The molecule has 3 aliphatic rings. The maximum absolute atomic E-state index is 13.2. The summed E-state index contributed by atoms with van der Waals surface area (Å²) in [5.74, 6) is -0.127. The molecule has 138 valence electrons. The van der Waals surface area contributed by atoms with Crippen molar-refractivity contribution in [1.82, 2.24) is 10.2 Å². The second kappa shape index (κ2) is 6.28. The first kappa shape index (κ1) is 16.8. The van der Waals surface area contributed by atoms with Crippen molar-refractivity contribution < 1.29 is 23.9 Å². The number of carbonyl (C=O) groups is 3. The molecule has 3 aliphatic heterocycles. The van der Waals surface area contributed by atoms with Gasteiger partial charge in [-0.2, -0.15) is 0 Å². The van der Waals surface area contributed by atoms with Crippen molar-refractivity contribution in [1.29, 1.82) is 0 Å². The number of benzene rings is 1. The Bertz CT molecular complexity index is 780. The average Bonchev–Trinajstić information content (AvgIpc) is 3.07. The zero-order valence-electron chi connectivity index (χ0n) is 14.5. The van der Waals surface area contributed by atoms with Crippen LogP contribution in [0.15, 0.2) is 18.2 Å². The van der Waals surface area contributed by atoms with Crippen LogP contribution in [0.25, 0.3) is 0 Å². The van der Waals surface area contributed by atoms with Gasteiger partial charge in [-0.3, -0.25) is 14.4 Å². The van der Waals surface area contributed by atoms with E-state index in [0.717, 1.165) is 0 Å². The van der Waals surface area contributed by atoms with E-state index in [1.54, 1.807) is 30.1 Å². The van der Waals surface area contributed by atoms with Crippen LogP contribution in [-0.4, -0.2) is 62.6 Å². The highest BCUT2D eigenvalue weighted by Gasteiger charge is 2.54. The second-order valence-corrected chi connectivity index (χ2v) is 6.96. The first-order valence-corrected chi connectivity index (χ1v) is 8.70. The van der Waals surface area contributed by atoms with Crippen molar-refractivity contribution in [3.8, 4) is 5.75 Å². The van der Waals surface area contributed by atoms with Crippen LogP contribution in [0.3, 0.4) is 0 Å². The predicted molar refractivity (Wildman–Crippen MR) is 91.9 cm³/mol. The monoisotopic (exact) mass is 359 g/mol. The molecule has 2 saturated heterocycles. The zero-order chi connectivity index (χ0) is 18.3. The van der Waals surface area contributed by atoms with Crippen LogP contribution in [0.5, 0.6) is 5.75 Å². The summed E-state index contributed by atoms with van der Waals surface area (Å²) in [6.07, 6.45) is 0.598. The van der Waals surface area contributed by atoms with Gasteiger partial charge >= 0.3 is 0 Å².